The molecule has 0 aliphatic rings. The van der Waals surface area contributed by atoms with E-state index in [0.717, 1.165) is 17.2 Å². The van der Waals surface area contributed by atoms with Crippen LogP contribution in [0.2, 0.25) is 0 Å². The number of H-pyrrole nitrogens is 1. The van der Waals surface area contributed by atoms with Crippen LogP contribution in [-0.4, -0.2) is 21.0 Å². The molecule has 0 radical (unpaired) electrons. The van der Waals surface area contributed by atoms with Gasteiger partial charge in [-0.15, -0.1) is 0 Å². The average molecular weight is 272 g/mol. The van der Waals surface area contributed by atoms with Crippen LogP contribution in [-0.2, 0) is 5.41 Å². The Balaban J connectivity index is 2.56. The summed E-state index contributed by atoms with van der Waals surface area (Å²) in [6, 6.07) is 8.81. The maximum atomic E-state index is 11.6. The lowest BCUT2D eigenvalue weighted by atomic mass is 9.83. The van der Waals surface area contributed by atoms with Crippen LogP contribution >= 0.6 is 0 Å². The summed E-state index contributed by atoms with van der Waals surface area (Å²) in [5, 5.41) is 8.99. The van der Waals surface area contributed by atoms with Gasteiger partial charge in [0.1, 0.15) is 5.82 Å². The van der Waals surface area contributed by atoms with Gasteiger partial charge in [-0.05, 0) is 26.3 Å². The summed E-state index contributed by atoms with van der Waals surface area (Å²) < 4.78 is 0. The van der Waals surface area contributed by atoms with Gasteiger partial charge in [0, 0.05) is 11.5 Å². The van der Waals surface area contributed by atoms with Gasteiger partial charge in [-0.3, -0.25) is 4.79 Å². The fourth-order valence-corrected chi connectivity index (χ4v) is 1.97. The van der Waals surface area contributed by atoms with Crippen molar-refractivity contribution in [1.82, 2.24) is 9.97 Å². The van der Waals surface area contributed by atoms with Crippen molar-refractivity contribution in [2.45, 2.75) is 26.2 Å². The van der Waals surface area contributed by atoms with Crippen molar-refractivity contribution in [3.8, 4) is 0 Å². The normalized spacial score (nSPS) is 11.3. The van der Waals surface area contributed by atoms with Crippen molar-refractivity contribution < 1.29 is 9.90 Å². The smallest absolute Gasteiger partial charge is 0.354 e. The Labute approximate surface area is 116 Å². The van der Waals surface area contributed by atoms with Crippen molar-refractivity contribution in [2.24, 2.45) is 0 Å². The minimum atomic E-state index is -1.21. The van der Waals surface area contributed by atoms with E-state index in [2.05, 4.69) is 9.97 Å². The molecule has 5 nitrogen and oxygen atoms in total. The Kier molecular flexibility index (Phi) is 3.44. The highest BCUT2D eigenvalue weighted by Gasteiger charge is 2.27. The molecule has 104 valence electrons. The molecule has 2 aromatic rings. The van der Waals surface area contributed by atoms with Crippen LogP contribution in [0.4, 0.5) is 0 Å². The standard InChI is InChI=1S/C15H16N2O3/c1-9-4-6-10(7-5-9)15(2,3)14-16-11(13(19)20)8-12(18)17-14/h4-8H,1-3H3,(H,19,20)(H,16,17,18). The van der Waals surface area contributed by atoms with Crippen molar-refractivity contribution in [2.75, 3.05) is 0 Å². The summed E-state index contributed by atoms with van der Waals surface area (Å²) in [6.45, 7) is 5.77. The van der Waals surface area contributed by atoms with Crippen molar-refractivity contribution in [3.63, 3.8) is 0 Å². The van der Waals surface area contributed by atoms with Crippen LogP contribution in [0.3, 0.4) is 0 Å². The maximum absolute atomic E-state index is 11.6. The van der Waals surface area contributed by atoms with Crippen molar-refractivity contribution in [3.05, 3.63) is 63.3 Å². The number of aromatic amines is 1. The van der Waals surface area contributed by atoms with E-state index in [0.29, 0.717) is 5.82 Å². The molecule has 0 aliphatic heterocycles. The lowest BCUT2D eigenvalue weighted by molar-refractivity contribution is 0.0689. The number of rotatable bonds is 3. The van der Waals surface area contributed by atoms with Gasteiger partial charge >= 0.3 is 5.97 Å². The number of benzene rings is 1. The van der Waals surface area contributed by atoms with E-state index in [4.69, 9.17) is 5.11 Å². The predicted molar refractivity (Wildman–Crippen MR) is 75.1 cm³/mol. The van der Waals surface area contributed by atoms with Crippen LogP contribution in [0.1, 0.15) is 41.3 Å². The molecule has 1 aromatic carbocycles. The second kappa shape index (κ2) is 4.92. The molecular formula is C15H16N2O3. The fraction of sp³-hybridized carbons (Fsp3) is 0.267. The number of carbonyl (C=O) groups is 1. The second-order valence-electron chi connectivity index (χ2n) is 5.28. The largest absolute Gasteiger partial charge is 0.477 e. The lowest BCUT2D eigenvalue weighted by Crippen LogP contribution is -2.27. The van der Waals surface area contributed by atoms with Crippen LogP contribution in [0.15, 0.2) is 35.1 Å². The quantitative estimate of drug-likeness (QED) is 0.896. The van der Waals surface area contributed by atoms with Crippen LogP contribution in [0.25, 0.3) is 0 Å². The van der Waals surface area contributed by atoms with Gasteiger partial charge < -0.3 is 10.1 Å². The zero-order valence-electron chi connectivity index (χ0n) is 11.6. The predicted octanol–water partition coefficient (Wildman–Crippen LogP) is 2.10. The highest BCUT2D eigenvalue weighted by molar-refractivity contribution is 5.85. The molecule has 0 unspecified atom stereocenters. The average Bonchev–Trinajstić information content (AvgIpc) is 2.38. The molecule has 0 spiro atoms. The Bertz CT molecular complexity index is 700. The highest BCUT2D eigenvalue weighted by Crippen LogP contribution is 2.28. The third-order valence-electron chi connectivity index (χ3n) is 3.33. The van der Waals surface area contributed by atoms with Gasteiger partial charge in [-0.2, -0.15) is 0 Å². The van der Waals surface area contributed by atoms with E-state index in [9.17, 15) is 9.59 Å². The molecular weight excluding hydrogens is 256 g/mol. The minimum Gasteiger partial charge on any atom is -0.477 e. The number of carboxylic acid groups (broad SMARTS) is 1. The van der Waals surface area contributed by atoms with E-state index in [1.807, 2.05) is 45.0 Å². The van der Waals surface area contributed by atoms with Crippen molar-refractivity contribution >= 4 is 5.97 Å². The van der Waals surface area contributed by atoms with E-state index in [1.54, 1.807) is 0 Å². The van der Waals surface area contributed by atoms with Gasteiger partial charge in [0.05, 0.1) is 0 Å². The Morgan fingerprint density at radius 2 is 1.85 bits per heavy atom. The zero-order chi connectivity index (χ0) is 14.9. The number of hydrogen-bond acceptors (Lipinski definition) is 3. The number of aryl methyl sites for hydroxylation is 1. The Hall–Kier alpha value is -2.43. The van der Waals surface area contributed by atoms with E-state index in [-0.39, 0.29) is 5.69 Å². The number of aromatic carboxylic acids is 1. The lowest BCUT2D eigenvalue weighted by Gasteiger charge is -2.24. The van der Waals surface area contributed by atoms with Crippen molar-refractivity contribution in [1.29, 1.82) is 0 Å². The molecule has 0 amide bonds. The maximum Gasteiger partial charge on any atom is 0.354 e. The first-order valence-electron chi connectivity index (χ1n) is 6.23. The molecule has 2 rings (SSSR count). The number of aromatic nitrogens is 2. The molecule has 5 heteroatoms. The SMILES string of the molecule is Cc1ccc(C(C)(C)c2nc(C(=O)O)cc(=O)[nH]2)cc1. The molecule has 0 saturated heterocycles. The van der Waals surface area contributed by atoms with Gasteiger partial charge in [-0.1, -0.05) is 29.8 Å². The Morgan fingerprint density at radius 1 is 1.25 bits per heavy atom. The van der Waals surface area contributed by atoms with Gasteiger partial charge in [0.25, 0.3) is 5.56 Å². The van der Waals surface area contributed by atoms with E-state index in [1.165, 1.54) is 0 Å². The first kappa shape index (κ1) is 14.0. The summed E-state index contributed by atoms with van der Waals surface area (Å²) in [6.07, 6.45) is 0. The number of carboxylic acids is 1. The summed E-state index contributed by atoms with van der Waals surface area (Å²) >= 11 is 0. The van der Waals surface area contributed by atoms with Crippen LogP contribution in [0.5, 0.6) is 0 Å². The summed E-state index contributed by atoms with van der Waals surface area (Å²) in [5.74, 6) is -0.872. The summed E-state index contributed by atoms with van der Waals surface area (Å²) in [7, 11) is 0. The van der Waals surface area contributed by atoms with Gasteiger partial charge in [0.2, 0.25) is 0 Å². The summed E-state index contributed by atoms with van der Waals surface area (Å²) in [5.41, 5.74) is 0.786. The number of hydrogen-bond donors (Lipinski definition) is 2. The second-order valence-corrected chi connectivity index (χ2v) is 5.28. The molecule has 0 atom stereocenters. The molecule has 1 heterocycles. The third-order valence-corrected chi connectivity index (χ3v) is 3.33. The van der Waals surface area contributed by atoms with E-state index < -0.39 is 16.9 Å². The Morgan fingerprint density at radius 3 is 2.40 bits per heavy atom. The summed E-state index contributed by atoms with van der Waals surface area (Å²) in [4.78, 5) is 29.3. The monoisotopic (exact) mass is 272 g/mol. The molecule has 0 bridgehead atoms. The molecule has 1 aromatic heterocycles. The molecule has 0 aliphatic carbocycles. The van der Waals surface area contributed by atoms with Crippen LogP contribution in [0, 0.1) is 6.92 Å². The first-order valence-corrected chi connectivity index (χ1v) is 6.23. The van der Waals surface area contributed by atoms with Crippen LogP contribution < -0.4 is 5.56 Å². The van der Waals surface area contributed by atoms with E-state index >= 15 is 0 Å². The number of nitrogens with zero attached hydrogens (tertiary/aromatic N) is 1. The molecule has 20 heavy (non-hydrogen) atoms. The topological polar surface area (TPSA) is 83.0 Å². The molecule has 0 saturated carbocycles. The molecule has 0 fully saturated rings. The van der Waals surface area contributed by atoms with Gasteiger partial charge in [0.15, 0.2) is 5.69 Å². The first-order chi connectivity index (χ1) is 9.30. The fourth-order valence-electron chi connectivity index (χ4n) is 1.97. The highest BCUT2D eigenvalue weighted by atomic mass is 16.4. The minimum absolute atomic E-state index is 0.246. The molecule has 2 N–H and O–H groups in total. The third kappa shape index (κ3) is 2.61. The number of nitrogens with one attached hydrogen (secondary N) is 1. The zero-order valence-corrected chi connectivity index (χ0v) is 11.6. The van der Waals surface area contributed by atoms with Gasteiger partial charge in [-0.25, -0.2) is 9.78 Å².